The van der Waals surface area contributed by atoms with Crippen molar-refractivity contribution < 1.29 is 13.6 Å². The molecule has 2 atom stereocenters. The van der Waals surface area contributed by atoms with Crippen molar-refractivity contribution in [3.05, 3.63) is 72.0 Å². The number of benzene rings is 2. The third-order valence-electron chi connectivity index (χ3n) is 5.06. The van der Waals surface area contributed by atoms with Crippen LogP contribution in [0.15, 0.2) is 59.1 Å². The van der Waals surface area contributed by atoms with Crippen molar-refractivity contribution in [2.45, 2.75) is 31.8 Å². The monoisotopic (exact) mass is 365 g/mol. The SMILES string of the molecule is C[C@@H]1C[C@H](C(N)=O)c2ccccc2N1Cc1ncc(-c2ccc(F)cc2)o1. The molecule has 1 aromatic heterocycles. The second-order valence-electron chi connectivity index (χ2n) is 6.85. The van der Waals surface area contributed by atoms with Gasteiger partial charge in [-0.3, -0.25) is 4.79 Å². The Labute approximate surface area is 156 Å². The summed E-state index contributed by atoms with van der Waals surface area (Å²) in [4.78, 5) is 18.4. The maximum atomic E-state index is 13.1. The number of nitrogens with zero attached hydrogens (tertiary/aromatic N) is 2. The molecule has 0 bridgehead atoms. The minimum absolute atomic E-state index is 0.110. The molecular weight excluding hydrogens is 345 g/mol. The van der Waals surface area contributed by atoms with Crippen LogP contribution in [0.5, 0.6) is 0 Å². The molecule has 1 aliphatic rings. The smallest absolute Gasteiger partial charge is 0.225 e. The van der Waals surface area contributed by atoms with Crippen molar-refractivity contribution in [3.8, 4) is 11.3 Å². The summed E-state index contributed by atoms with van der Waals surface area (Å²) >= 11 is 0. The lowest BCUT2D eigenvalue weighted by Crippen LogP contribution is -2.41. The fourth-order valence-corrected chi connectivity index (χ4v) is 3.66. The van der Waals surface area contributed by atoms with E-state index in [4.69, 9.17) is 10.2 Å². The van der Waals surface area contributed by atoms with Crippen molar-refractivity contribution in [1.82, 2.24) is 4.98 Å². The summed E-state index contributed by atoms with van der Waals surface area (Å²) in [7, 11) is 0. The number of para-hydroxylation sites is 1. The van der Waals surface area contributed by atoms with Crippen LogP contribution in [0.4, 0.5) is 10.1 Å². The summed E-state index contributed by atoms with van der Waals surface area (Å²) < 4.78 is 19.0. The second-order valence-corrected chi connectivity index (χ2v) is 6.85. The number of carbonyl (C=O) groups is 1. The summed E-state index contributed by atoms with van der Waals surface area (Å²) in [6, 6.07) is 14.0. The van der Waals surface area contributed by atoms with E-state index in [2.05, 4.69) is 16.8 Å². The molecule has 6 heteroatoms. The van der Waals surface area contributed by atoms with E-state index in [0.29, 0.717) is 24.6 Å². The first-order valence-electron chi connectivity index (χ1n) is 8.88. The number of oxazole rings is 1. The molecule has 0 radical (unpaired) electrons. The molecule has 0 aliphatic carbocycles. The highest BCUT2D eigenvalue weighted by atomic mass is 19.1. The van der Waals surface area contributed by atoms with E-state index in [1.807, 2.05) is 24.3 Å². The topological polar surface area (TPSA) is 72.4 Å². The fraction of sp³-hybridized carbons (Fsp3) is 0.238. The van der Waals surface area contributed by atoms with Gasteiger partial charge >= 0.3 is 0 Å². The lowest BCUT2D eigenvalue weighted by atomic mass is 9.85. The quantitative estimate of drug-likeness (QED) is 0.762. The first-order chi connectivity index (χ1) is 13.0. The number of carbonyl (C=O) groups excluding carboxylic acids is 1. The van der Waals surface area contributed by atoms with Gasteiger partial charge in [0.25, 0.3) is 0 Å². The van der Waals surface area contributed by atoms with Gasteiger partial charge in [0, 0.05) is 17.3 Å². The number of halogens is 1. The number of aromatic nitrogens is 1. The molecule has 0 spiro atoms. The van der Waals surface area contributed by atoms with E-state index >= 15 is 0 Å². The standard InChI is InChI=1S/C21H20FN3O2/c1-13-10-17(21(23)26)16-4-2-3-5-18(16)25(13)12-20-24-11-19(27-20)14-6-8-15(22)9-7-14/h2-9,11,13,17H,10,12H2,1H3,(H2,23,26)/t13-,17+/m1/s1. The number of amides is 1. The Morgan fingerprint density at radius 1 is 1.26 bits per heavy atom. The third-order valence-corrected chi connectivity index (χ3v) is 5.06. The van der Waals surface area contributed by atoms with Crippen LogP contribution in [0.2, 0.25) is 0 Å². The highest BCUT2D eigenvalue weighted by Crippen LogP contribution is 2.39. The molecule has 2 heterocycles. The summed E-state index contributed by atoms with van der Waals surface area (Å²) in [5.41, 5.74) is 8.29. The Hall–Kier alpha value is -3.15. The van der Waals surface area contributed by atoms with E-state index in [1.165, 1.54) is 12.1 Å². The molecule has 138 valence electrons. The molecule has 2 aromatic carbocycles. The van der Waals surface area contributed by atoms with Gasteiger partial charge in [0.1, 0.15) is 5.82 Å². The zero-order chi connectivity index (χ0) is 19.0. The number of fused-ring (bicyclic) bond motifs is 1. The van der Waals surface area contributed by atoms with Gasteiger partial charge in [-0.1, -0.05) is 18.2 Å². The summed E-state index contributed by atoms with van der Waals surface area (Å²) in [6.07, 6.45) is 2.30. The fourth-order valence-electron chi connectivity index (χ4n) is 3.66. The van der Waals surface area contributed by atoms with Gasteiger partial charge in [-0.2, -0.15) is 0 Å². The van der Waals surface area contributed by atoms with Gasteiger partial charge in [-0.15, -0.1) is 0 Å². The predicted octanol–water partition coefficient (Wildman–Crippen LogP) is 3.85. The molecule has 27 heavy (non-hydrogen) atoms. The molecule has 0 saturated heterocycles. The molecule has 5 nitrogen and oxygen atoms in total. The first-order valence-corrected chi connectivity index (χ1v) is 8.88. The number of hydrogen-bond donors (Lipinski definition) is 1. The number of rotatable bonds is 4. The van der Waals surface area contributed by atoms with Crippen LogP contribution in [0, 0.1) is 5.82 Å². The molecule has 1 aliphatic heterocycles. The van der Waals surface area contributed by atoms with Crippen molar-refractivity contribution >= 4 is 11.6 Å². The van der Waals surface area contributed by atoms with Gasteiger partial charge in [0.2, 0.25) is 11.8 Å². The third kappa shape index (κ3) is 3.30. The van der Waals surface area contributed by atoms with E-state index in [9.17, 15) is 9.18 Å². The maximum Gasteiger partial charge on any atom is 0.225 e. The predicted molar refractivity (Wildman–Crippen MR) is 101 cm³/mol. The number of nitrogens with two attached hydrogens (primary N) is 1. The van der Waals surface area contributed by atoms with Crippen LogP contribution in [0.25, 0.3) is 11.3 Å². The summed E-state index contributed by atoms with van der Waals surface area (Å²) in [6.45, 7) is 2.54. The Kier molecular flexibility index (Phi) is 4.39. The summed E-state index contributed by atoms with van der Waals surface area (Å²) in [5.74, 6) is 0.281. The van der Waals surface area contributed by atoms with Crippen molar-refractivity contribution in [2.24, 2.45) is 5.73 Å². The zero-order valence-corrected chi connectivity index (χ0v) is 14.9. The average Bonchev–Trinajstić information content (AvgIpc) is 3.13. The molecule has 1 amide bonds. The highest BCUT2D eigenvalue weighted by Gasteiger charge is 2.33. The molecule has 2 N–H and O–H groups in total. The molecule has 3 aromatic rings. The lowest BCUT2D eigenvalue weighted by molar-refractivity contribution is -0.119. The Morgan fingerprint density at radius 2 is 2.00 bits per heavy atom. The van der Waals surface area contributed by atoms with Crippen LogP contribution >= 0.6 is 0 Å². The van der Waals surface area contributed by atoms with Gasteiger partial charge in [0.15, 0.2) is 5.76 Å². The van der Waals surface area contributed by atoms with Crippen molar-refractivity contribution in [3.63, 3.8) is 0 Å². The van der Waals surface area contributed by atoms with Crippen LogP contribution in [-0.4, -0.2) is 16.9 Å². The number of anilines is 1. The van der Waals surface area contributed by atoms with Crippen LogP contribution in [0.1, 0.15) is 30.7 Å². The highest BCUT2D eigenvalue weighted by molar-refractivity contribution is 5.85. The molecule has 0 fully saturated rings. The number of primary amides is 1. The van der Waals surface area contributed by atoms with Gasteiger partial charge in [0.05, 0.1) is 18.7 Å². The van der Waals surface area contributed by atoms with Crippen molar-refractivity contribution in [1.29, 1.82) is 0 Å². The molecule has 0 saturated carbocycles. The molecular formula is C21H20FN3O2. The second kappa shape index (κ2) is 6.87. The van der Waals surface area contributed by atoms with Crippen LogP contribution in [-0.2, 0) is 11.3 Å². The Balaban J connectivity index is 1.62. The Morgan fingerprint density at radius 3 is 2.74 bits per heavy atom. The maximum absolute atomic E-state index is 13.1. The first kappa shape index (κ1) is 17.3. The minimum atomic E-state index is -0.302. The lowest BCUT2D eigenvalue weighted by Gasteiger charge is -2.39. The molecule has 4 rings (SSSR count). The van der Waals surface area contributed by atoms with Crippen molar-refractivity contribution in [2.75, 3.05) is 4.90 Å². The van der Waals surface area contributed by atoms with E-state index in [-0.39, 0.29) is 23.7 Å². The Bertz CT molecular complexity index is 968. The van der Waals surface area contributed by atoms with Gasteiger partial charge in [-0.25, -0.2) is 9.37 Å². The summed E-state index contributed by atoms with van der Waals surface area (Å²) in [5, 5.41) is 0. The van der Waals surface area contributed by atoms with Crippen LogP contribution in [0.3, 0.4) is 0 Å². The average molecular weight is 365 g/mol. The number of hydrogen-bond acceptors (Lipinski definition) is 4. The van der Waals surface area contributed by atoms with E-state index in [0.717, 1.165) is 16.8 Å². The van der Waals surface area contributed by atoms with Gasteiger partial charge < -0.3 is 15.1 Å². The minimum Gasteiger partial charge on any atom is -0.439 e. The normalized spacial score (nSPS) is 19.0. The van der Waals surface area contributed by atoms with E-state index < -0.39 is 0 Å². The van der Waals surface area contributed by atoms with Crippen LogP contribution < -0.4 is 10.6 Å². The van der Waals surface area contributed by atoms with Gasteiger partial charge in [-0.05, 0) is 49.2 Å². The zero-order valence-electron chi connectivity index (χ0n) is 14.9. The van der Waals surface area contributed by atoms with E-state index in [1.54, 1.807) is 18.3 Å². The largest absolute Gasteiger partial charge is 0.439 e. The molecule has 0 unspecified atom stereocenters.